The number of thioether (sulfide) groups is 1. The Bertz CT molecular complexity index is 366. The van der Waals surface area contributed by atoms with Gasteiger partial charge in [0.15, 0.2) is 0 Å². The number of hydrogen-bond acceptors (Lipinski definition) is 4. The van der Waals surface area contributed by atoms with Gasteiger partial charge in [-0.25, -0.2) is 0 Å². The van der Waals surface area contributed by atoms with Crippen molar-refractivity contribution in [2.24, 2.45) is 0 Å². The molecule has 1 aromatic carbocycles. The van der Waals surface area contributed by atoms with Crippen molar-refractivity contribution < 1.29 is 0 Å². The molecule has 1 aromatic rings. The van der Waals surface area contributed by atoms with E-state index in [0.29, 0.717) is 0 Å². The van der Waals surface area contributed by atoms with Crippen LogP contribution in [0.3, 0.4) is 0 Å². The van der Waals surface area contributed by atoms with Crippen molar-refractivity contribution in [3.05, 3.63) is 24.3 Å². The van der Waals surface area contributed by atoms with Gasteiger partial charge < -0.3 is 0 Å². The smallest absolute Gasteiger partial charge is 0.0496 e. The molecule has 0 N–H and O–H groups in total. The molecule has 0 spiro atoms. The Labute approximate surface area is 116 Å². The number of hydrogen-bond donors (Lipinski definition) is 0. The van der Waals surface area contributed by atoms with E-state index in [2.05, 4.69) is 45.0 Å². The summed E-state index contributed by atoms with van der Waals surface area (Å²) >= 11 is 6.81. The molecule has 0 saturated heterocycles. The Morgan fingerprint density at radius 2 is 1.69 bits per heavy atom. The van der Waals surface area contributed by atoms with Crippen molar-refractivity contribution in [3.8, 4) is 0 Å². The van der Waals surface area contributed by atoms with Crippen LogP contribution in [0.5, 0.6) is 0 Å². The Kier molecular flexibility index (Phi) is 5.71. The lowest BCUT2D eigenvalue weighted by Gasteiger charge is -2.17. The second kappa shape index (κ2) is 6.34. The molecule has 0 bridgehead atoms. The zero-order valence-corrected chi connectivity index (χ0v) is 13.2. The Morgan fingerprint density at radius 3 is 2.19 bits per heavy atom. The van der Waals surface area contributed by atoms with E-state index in [-0.39, 0.29) is 4.75 Å². The quantitative estimate of drug-likeness (QED) is 0.399. The van der Waals surface area contributed by atoms with E-state index < -0.39 is 0 Å². The van der Waals surface area contributed by atoms with E-state index in [1.54, 1.807) is 11.8 Å². The molecular weight excluding hydrogens is 272 g/mol. The SMILES string of the molecule is CC(=S)Sc1ccccc1SSC(C)(C)C. The molecule has 0 unspecified atom stereocenters. The molecule has 0 nitrogen and oxygen atoms in total. The predicted octanol–water partition coefficient (Wildman–Crippen LogP) is 5.66. The fraction of sp³-hybridized carbons (Fsp3) is 0.417. The third-order valence-corrected chi connectivity index (χ3v) is 6.13. The van der Waals surface area contributed by atoms with Gasteiger partial charge in [0.1, 0.15) is 0 Å². The molecule has 0 aliphatic heterocycles. The molecule has 0 aliphatic rings. The van der Waals surface area contributed by atoms with Crippen molar-refractivity contribution >= 4 is 49.8 Å². The van der Waals surface area contributed by atoms with Crippen LogP contribution in [0.4, 0.5) is 0 Å². The van der Waals surface area contributed by atoms with E-state index in [1.807, 2.05) is 28.5 Å². The minimum atomic E-state index is 0.273. The highest BCUT2D eigenvalue weighted by molar-refractivity contribution is 8.77. The number of benzene rings is 1. The average Bonchev–Trinajstić information content (AvgIpc) is 2.14. The standard InChI is InChI=1S/C12H16S4/c1-9(13)14-10-7-5-6-8-11(10)15-16-12(2,3)4/h5-8H,1-4H3. The highest BCUT2D eigenvalue weighted by Gasteiger charge is 2.13. The van der Waals surface area contributed by atoms with Crippen molar-refractivity contribution in [2.45, 2.75) is 42.2 Å². The van der Waals surface area contributed by atoms with E-state index >= 15 is 0 Å². The summed E-state index contributed by atoms with van der Waals surface area (Å²) in [6, 6.07) is 8.43. The van der Waals surface area contributed by atoms with Gasteiger partial charge in [0, 0.05) is 18.7 Å². The lowest BCUT2D eigenvalue weighted by atomic mass is 10.3. The van der Waals surface area contributed by atoms with E-state index in [1.165, 1.54) is 9.79 Å². The topological polar surface area (TPSA) is 0 Å². The van der Waals surface area contributed by atoms with E-state index in [4.69, 9.17) is 12.2 Å². The molecule has 0 amide bonds. The fourth-order valence-electron chi connectivity index (χ4n) is 0.928. The Hall–Kier alpha value is 0.360. The van der Waals surface area contributed by atoms with Crippen molar-refractivity contribution in [2.75, 3.05) is 0 Å². The summed E-state index contributed by atoms with van der Waals surface area (Å²) in [5, 5.41) is 0. The number of rotatable bonds is 3. The summed E-state index contributed by atoms with van der Waals surface area (Å²) in [5.41, 5.74) is 0. The summed E-state index contributed by atoms with van der Waals surface area (Å²) in [6.45, 7) is 8.65. The summed E-state index contributed by atoms with van der Waals surface area (Å²) in [5.74, 6) is 0. The van der Waals surface area contributed by atoms with Gasteiger partial charge in [0.05, 0.1) is 0 Å². The first-order valence-corrected chi connectivity index (χ1v) is 8.39. The van der Waals surface area contributed by atoms with Gasteiger partial charge >= 0.3 is 0 Å². The zero-order valence-electron chi connectivity index (χ0n) is 9.94. The van der Waals surface area contributed by atoms with Crippen LogP contribution in [-0.2, 0) is 0 Å². The van der Waals surface area contributed by atoms with Crippen LogP contribution in [0.25, 0.3) is 0 Å². The predicted molar refractivity (Wildman–Crippen MR) is 83.8 cm³/mol. The molecule has 4 heteroatoms. The molecule has 0 atom stereocenters. The normalized spacial score (nSPS) is 11.5. The summed E-state index contributed by atoms with van der Waals surface area (Å²) < 4.78 is 1.24. The van der Waals surface area contributed by atoms with Crippen molar-refractivity contribution in [1.29, 1.82) is 0 Å². The van der Waals surface area contributed by atoms with Crippen LogP contribution in [-0.4, -0.2) is 8.94 Å². The molecule has 0 radical (unpaired) electrons. The van der Waals surface area contributed by atoms with Crippen LogP contribution in [0.1, 0.15) is 27.7 Å². The molecule has 0 heterocycles. The molecule has 0 aliphatic carbocycles. The van der Waals surface area contributed by atoms with Crippen LogP contribution in [0.2, 0.25) is 0 Å². The highest BCUT2D eigenvalue weighted by atomic mass is 33.1. The van der Waals surface area contributed by atoms with Gasteiger partial charge in [-0.2, -0.15) is 0 Å². The maximum absolute atomic E-state index is 5.14. The zero-order chi connectivity index (χ0) is 12.2. The molecule has 88 valence electrons. The Morgan fingerprint density at radius 1 is 1.12 bits per heavy atom. The van der Waals surface area contributed by atoms with Crippen LogP contribution in [0, 0.1) is 0 Å². The minimum Gasteiger partial charge on any atom is -0.0829 e. The molecule has 0 fully saturated rings. The maximum Gasteiger partial charge on any atom is 0.0496 e. The van der Waals surface area contributed by atoms with E-state index in [0.717, 1.165) is 4.20 Å². The van der Waals surface area contributed by atoms with Gasteiger partial charge in [-0.3, -0.25) is 0 Å². The monoisotopic (exact) mass is 288 g/mol. The fourth-order valence-corrected chi connectivity index (χ4v) is 4.31. The van der Waals surface area contributed by atoms with Crippen molar-refractivity contribution in [1.82, 2.24) is 0 Å². The molecule has 0 aromatic heterocycles. The molecule has 16 heavy (non-hydrogen) atoms. The third kappa shape index (κ3) is 5.62. The largest absolute Gasteiger partial charge is 0.0829 e. The summed E-state index contributed by atoms with van der Waals surface area (Å²) in [4.78, 5) is 2.56. The first-order valence-electron chi connectivity index (χ1n) is 5.01. The lowest BCUT2D eigenvalue weighted by molar-refractivity contribution is 0.810. The van der Waals surface area contributed by atoms with Crippen molar-refractivity contribution in [3.63, 3.8) is 0 Å². The highest BCUT2D eigenvalue weighted by Crippen LogP contribution is 2.43. The van der Waals surface area contributed by atoms with Gasteiger partial charge in [-0.15, -0.1) is 0 Å². The first kappa shape index (κ1) is 14.4. The second-order valence-electron chi connectivity index (χ2n) is 4.32. The molecular formula is C12H16S4. The lowest BCUT2D eigenvalue weighted by Crippen LogP contribution is -2.04. The number of thiocarbonyl (C=S) groups is 1. The summed E-state index contributed by atoms with van der Waals surface area (Å²) in [7, 11) is 3.72. The average molecular weight is 289 g/mol. The van der Waals surface area contributed by atoms with E-state index in [9.17, 15) is 0 Å². The van der Waals surface area contributed by atoms with Gasteiger partial charge in [-0.1, -0.05) is 78.5 Å². The van der Waals surface area contributed by atoms with Crippen LogP contribution >= 0.6 is 45.6 Å². The van der Waals surface area contributed by atoms with Gasteiger partial charge in [0.25, 0.3) is 0 Å². The van der Waals surface area contributed by atoms with Crippen LogP contribution in [0.15, 0.2) is 34.1 Å². The summed E-state index contributed by atoms with van der Waals surface area (Å²) in [6.07, 6.45) is 0. The first-order chi connectivity index (χ1) is 7.38. The molecule has 0 saturated carbocycles. The maximum atomic E-state index is 5.14. The van der Waals surface area contributed by atoms with Gasteiger partial charge in [-0.05, 0) is 19.1 Å². The van der Waals surface area contributed by atoms with Gasteiger partial charge in [0.2, 0.25) is 0 Å². The third-order valence-electron chi connectivity index (χ3n) is 1.48. The van der Waals surface area contributed by atoms with Crippen LogP contribution < -0.4 is 0 Å². The molecule has 1 rings (SSSR count). The Balaban J connectivity index is 2.75. The minimum absolute atomic E-state index is 0.273. The second-order valence-corrected chi connectivity index (χ2v) is 9.44.